The van der Waals surface area contributed by atoms with Crippen molar-refractivity contribution in [2.75, 3.05) is 11.9 Å². The molecule has 19 heavy (non-hydrogen) atoms. The molecule has 1 aliphatic rings. The molecule has 1 saturated heterocycles. The molecule has 0 bridgehead atoms. The monoisotopic (exact) mass is 256 g/mol. The molecule has 1 unspecified atom stereocenters. The van der Waals surface area contributed by atoms with Crippen LogP contribution in [0.25, 0.3) is 5.69 Å². The third-order valence-electron chi connectivity index (χ3n) is 3.29. The highest BCUT2D eigenvalue weighted by molar-refractivity contribution is 5.96. The number of amides is 1. The van der Waals surface area contributed by atoms with Gasteiger partial charge in [-0.2, -0.15) is 5.10 Å². The summed E-state index contributed by atoms with van der Waals surface area (Å²) in [7, 11) is 0. The molecule has 2 aromatic rings. The van der Waals surface area contributed by atoms with Crippen LogP contribution in [0.2, 0.25) is 0 Å². The van der Waals surface area contributed by atoms with Gasteiger partial charge in [0, 0.05) is 12.4 Å². The molecule has 98 valence electrons. The predicted octanol–water partition coefficient (Wildman–Crippen LogP) is 1.56. The number of carbonyl (C=O) groups is 1. The van der Waals surface area contributed by atoms with E-state index in [0.29, 0.717) is 0 Å². The Kier molecular flexibility index (Phi) is 3.29. The first kappa shape index (κ1) is 11.9. The summed E-state index contributed by atoms with van der Waals surface area (Å²) < 4.78 is 1.75. The highest BCUT2D eigenvalue weighted by atomic mass is 16.2. The second-order valence-electron chi connectivity index (χ2n) is 4.61. The molecule has 1 fully saturated rings. The standard InChI is InChI=1S/C14H16N4O/c19-14(12-6-3-8-15-12)17-11-5-1-2-7-13(11)18-10-4-9-16-18/h1-2,4-5,7,9-10,12,15H,3,6,8H2,(H,17,19). The van der Waals surface area contributed by atoms with E-state index < -0.39 is 0 Å². The zero-order valence-electron chi connectivity index (χ0n) is 10.5. The Bertz CT molecular complexity index is 559. The van der Waals surface area contributed by atoms with Crippen LogP contribution in [0.15, 0.2) is 42.7 Å². The zero-order valence-corrected chi connectivity index (χ0v) is 10.5. The van der Waals surface area contributed by atoms with E-state index in [1.807, 2.05) is 36.5 Å². The van der Waals surface area contributed by atoms with Crippen molar-refractivity contribution in [3.05, 3.63) is 42.7 Å². The van der Waals surface area contributed by atoms with Gasteiger partial charge in [-0.1, -0.05) is 12.1 Å². The maximum absolute atomic E-state index is 12.1. The molecule has 2 N–H and O–H groups in total. The number of aromatic nitrogens is 2. The molecular formula is C14H16N4O. The van der Waals surface area contributed by atoms with Gasteiger partial charge in [-0.25, -0.2) is 4.68 Å². The lowest BCUT2D eigenvalue weighted by Crippen LogP contribution is -2.35. The molecule has 0 saturated carbocycles. The SMILES string of the molecule is O=C(Nc1ccccc1-n1cccn1)C1CCCN1. The van der Waals surface area contributed by atoms with Crippen LogP contribution in [0.1, 0.15) is 12.8 Å². The van der Waals surface area contributed by atoms with E-state index in [9.17, 15) is 4.79 Å². The Morgan fingerprint density at radius 3 is 3.00 bits per heavy atom. The maximum atomic E-state index is 12.1. The number of para-hydroxylation sites is 2. The van der Waals surface area contributed by atoms with Gasteiger partial charge >= 0.3 is 0 Å². The summed E-state index contributed by atoms with van der Waals surface area (Å²) in [6, 6.07) is 9.45. The number of hydrogen-bond acceptors (Lipinski definition) is 3. The van der Waals surface area contributed by atoms with Crippen LogP contribution in [0.5, 0.6) is 0 Å². The Morgan fingerprint density at radius 2 is 2.26 bits per heavy atom. The molecule has 5 nitrogen and oxygen atoms in total. The third-order valence-corrected chi connectivity index (χ3v) is 3.29. The number of carbonyl (C=O) groups excluding carboxylic acids is 1. The van der Waals surface area contributed by atoms with Gasteiger partial charge < -0.3 is 10.6 Å². The van der Waals surface area contributed by atoms with E-state index in [4.69, 9.17) is 0 Å². The minimum absolute atomic E-state index is 0.0251. The largest absolute Gasteiger partial charge is 0.323 e. The van der Waals surface area contributed by atoms with Crippen molar-refractivity contribution < 1.29 is 4.79 Å². The molecule has 1 aromatic carbocycles. The van der Waals surface area contributed by atoms with E-state index in [2.05, 4.69) is 15.7 Å². The summed E-state index contributed by atoms with van der Waals surface area (Å²) in [5.74, 6) is 0.0251. The number of nitrogens with one attached hydrogen (secondary N) is 2. The quantitative estimate of drug-likeness (QED) is 0.876. The van der Waals surface area contributed by atoms with Crippen LogP contribution in [0, 0.1) is 0 Å². The normalized spacial score (nSPS) is 18.4. The number of hydrogen-bond donors (Lipinski definition) is 2. The predicted molar refractivity (Wildman–Crippen MR) is 73.2 cm³/mol. The van der Waals surface area contributed by atoms with Crippen LogP contribution < -0.4 is 10.6 Å². The van der Waals surface area contributed by atoms with Crippen molar-refractivity contribution in [3.63, 3.8) is 0 Å². The van der Waals surface area contributed by atoms with Crippen molar-refractivity contribution in [1.82, 2.24) is 15.1 Å². The molecule has 2 heterocycles. The maximum Gasteiger partial charge on any atom is 0.241 e. The fraction of sp³-hybridized carbons (Fsp3) is 0.286. The number of benzene rings is 1. The summed E-state index contributed by atoms with van der Waals surface area (Å²) in [5.41, 5.74) is 1.66. The van der Waals surface area contributed by atoms with Crippen molar-refractivity contribution in [2.24, 2.45) is 0 Å². The lowest BCUT2D eigenvalue weighted by atomic mass is 10.2. The second-order valence-corrected chi connectivity index (χ2v) is 4.61. The van der Waals surface area contributed by atoms with Gasteiger partial charge in [-0.3, -0.25) is 4.79 Å². The summed E-state index contributed by atoms with van der Waals surface area (Å²) in [4.78, 5) is 12.1. The molecule has 0 aliphatic carbocycles. The van der Waals surface area contributed by atoms with Crippen molar-refractivity contribution in [2.45, 2.75) is 18.9 Å². The first-order valence-corrected chi connectivity index (χ1v) is 6.48. The minimum atomic E-state index is -0.0781. The van der Waals surface area contributed by atoms with Crippen LogP contribution in [0.3, 0.4) is 0 Å². The van der Waals surface area contributed by atoms with E-state index >= 15 is 0 Å². The zero-order chi connectivity index (χ0) is 13.1. The number of rotatable bonds is 3. The number of nitrogens with zero attached hydrogens (tertiary/aromatic N) is 2. The Balaban J connectivity index is 1.83. The van der Waals surface area contributed by atoms with Gasteiger partial charge in [0.05, 0.1) is 17.4 Å². The summed E-state index contributed by atoms with van der Waals surface area (Å²) in [5, 5.41) is 10.4. The third kappa shape index (κ3) is 2.51. The average molecular weight is 256 g/mol. The Labute approximate surface area is 111 Å². The molecule has 0 spiro atoms. The van der Waals surface area contributed by atoms with Crippen molar-refractivity contribution >= 4 is 11.6 Å². The van der Waals surface area contributed by atoms with Gasteiger partial charge in [-0.05, 0) is 37.6 Å². The van der Waals surface area contributed by atoms with E-state index in [1.54, 1.807) is 10.9 Å². The summed E-state index contributed by atoms with van der Waals surface area (Å²) in [6.07, 6.45) is 5.53. The Hall–Kier alpha value is -2.14. The first-order chi connectivity index (χ1) is 9.34. The van der Waals surface area contributed by atoms with Crippen LogP contribution in [0.4, 0.5) is 5.69 Å². The topological polar surface area (TPSA) is 59.0 Å². The lowest BCUT2D eigenvalue weighted by Gasteiger charge is -2.14. The smallest absolute Gasteiger partial charge is 0.241 e. The summed E-state index contributed by atoms with van der Waals surface area (Å²) >= 11 is 0. The van der Waals surface area contributed by atoms with Gasteiger partial charge in [-0.15, -0.1) is 0 Å². The molecule has 1 aromatic heterocycles. The van der Waals surface area contributed by atoms with E-state index in [0.717, 1.165) is 30.8 Å². The summed E-state index contributed by atoms with van der Waals surface area (Å²) in [6.45, 7) is 0.916. The average Bonchev–Trinajstić information content (AvgIpc) is 3.13. The Morgan fingerprint density at radius 1 is 1.37 bits per heavy atom. The fourth-order valence-corrected chi connectivity index (χ4v) is 2.32. The fourth-order valence-electron chi connectivity index (χ4n) is 2.32. The molecule has 5 heteroatoms. The van der Waals surface area contributed by atoms with Gasteiger partial charge in [0.25, 0.3) is 0 Å². The molecular weight excluding hydrogens is 240 g/mol. The molecule has 1 amide bonds. The van der Waals surface area contributed by atoms with Crippen molar-refractivity contribution in [1.29, 1.82) is 0 Å². The highest BCUT2D eigenvalue weighted by Crippen LogP contribution is 2.20. The molecule has 0 radical (unpaired) electrons. The van der Waals surface area contributed by atoms with Crippen LogP contribution in [-0.4, -0.2) is 28.3 Å². The first-order valence-electron chi connectivity index (χ1n) is 6.48. The van der Waals surface area contributed by atoms with E-state index in [-0.39, 0.29) is 11.9 Å². The van der Waals surface area contributed by atoms with Crippen LogP contribution >= 0.6 is 0 Å². The van der Waals surface area contributed by atoms with Gasteiger partial charge in [0.2, 0.25) is 5.91 Å². The molecule has 3 rings (SSSR count). The van der Waals surface area contributed by atoms with Gasteiger partial charge in [0.15, 0.2) is 0 Å². The minimum Gasteiger partial charge on any atom is -0.323 e. The highest BCUT2D eigenvalue weighted by Gasteiger charge is 2.22. The molecule has 1 atom stereocenters. The lowest BCUT2D eigenvalue weighted by molar-refractivity contribution is -0.117. The van der Waals surface area contributed by atoms with Crippen LogP contribution in [-0.2, 0) is 4.79 Å². The molecule has 1 aliphatic heterocycles. The van der Waals surface area contributed by atoms with Gasteiger partial charge in [0.1, 0.15) is 0 Å². The van der Waals surface area contributed by atoms with E-state index in [1.165, 1.54) is 0 Å². The van der Waals surface area contributed by atoms with Crippen molar-refractivity contribution in [3.8, 4) is 5.69 Å². The second kappa shape index (κ2) is 5.24. The number of anilines is 1.